The van der Waals surface area contributed by atoms with E-state index in [-0.39, 0.29) is 18.1 Å². The highest BCUT2D eigenvalue weighted by atomic mass is 35.5. The van der Waals surface area contributed by atoms with Crippen LogP contribution in [0.25, 0.3) is 0 Å². The molecule has 0 bridgehead atoms. The summed E-state index contributed by atoms with van der Waals surface area (Å²) in [5.74, 6) is 1.54. The van der Waals surface area contributed by atoms with Gasteiger partial charge in [-0.25, -0.2) is 14.5 Å². The molecule has 3 heterocycles. The second-order valence-electron chi connectivity index (χ2n) is 8.43. The predicted octanol–water partition coefficient (Wildman–Crippen LogP) is 5.39. The van der Waals surface area contributed by atoms with E-state index in [1.807, 2.05) is 52.0 Å². The summed E-state index contributed by atoms with van der Waals surface area (Å²) in [7, 11) is 0. The van der Waals surface area contributed by atoms with E-state index in [9.17, 15) is 4.79 Å². The first-order chi connectivity index (χ1) is 16.1. The molecule has 0 radical (unpaired) electrons. The average molecular weight is 486 g/mol. The molecule has 5 rings (SSSR count). The van der Waals surface area contributed by atoms with Gasteiger partial charge in [-0.05, 0) is 55.5 Å². The maximum atomic E-state index is 13.4. The van der Waals surface area contributed by atoms with Crippen LogP contribution in [0.2, 0.25) is 10.0 Å². The molecule has 3 aromatic rings. The monoisotopic (exact) mass is 485 g/mol. The molecule has 7 nitrogen and oxygen atoms in total. The predicted molar refractivity (Wildman–Crippen MR) is 127 cm³/mol. The van der Waals surface area contributed by atoms with E-state index in [0.717, 1.165) is 48.4 Å². The molecule has 1 aromatic heterocycles. The topological polar surface area (TPSA) is 72.3 Å². The molecule has 1 saturated heterocycles. The Kier molecular flexibility index (Phi) is 6.42. The molecule has 1 unspecified atom stereocenters. The second kappa shape index (κ2) is 9.61. The minimum atomic E-state index is -0.125. The summed E-state index contributed by atoms with van der Waals surface area (Å²) in [5.41, 5.74) is 2.04. The van der Waals surface area contributed by atoms with Gasteiger partial charge in [-0.15, -0.1) is 0 Å². The molecule has 0 aliphatic carbocycles. The van der Waals surface area contributed by atoms with Gasteiger partial charge in [0.2, 0.25) is 0 Å². The van der Waals surface area contributed by atoms with Gasteiger partial charge in [0.05, 0.1) is 25.2 Å². The van der Waals surface area contributed by atoms with Crippen LogP contribution < -0.4 is 10.1 Å². The number of likely N-dealkylation sites (tertiary alicyclic amines) is 1. The van der Waals surface area contributed by atoms with Crippen molar-refractivity contribution in [3.8, 4) is 5.75 Å². The standard InChI is InChI=1S/C24H25Cl2N5O2/c25-17-7-5-16(6-8-17)14-31-23(27-15-28-31)21-4-1-11-30(21)24(32)29-20-3-2-12-33-22-13-18(26)9-10-19(20)22/h5-10,13,15,20-21H,1-4,11-12,14H2,(H,29,32)/t20?,21-/m1/s1. The Morgan fingerprint density at radius 2 is 1.91 bits per heavy atom. The third-order valence-electron chi connectivity index (χ3n) is 6.25. The van der Waals surface area contributed by atoms with Crippen LogP contribution in [0.5, 0.6) is 5.75 Å². The summed E-state index contributed by atoms with van der Waals surface area (Å²) >= 11 is 12.2. The van der Waals surface area contributed by atoms with Crippen molar-refractivity contribution in [1.82, 2.24) is 25.0 Å². The van der Waals surface area contributed by atoms with E-state index in [4.69, 9.17) is 27.9 Å². The Morgan fingerprint density at radius 3 is 2.76 bits per heavy atom. The number of aromatic nitrogens is 3. The van der Waals surface area contributed by atoms with Crippen molar-refractivity contribution in [3.05, 3.63) is 75.8 Å². The number of hydrogen-bond acceptors (Lipinski definition) is 4. The highest BCUT2D eigenvalue weighted by Gasteiger charge is 2.35. The zero-order valence-corrected chi connectivity index (χ0v) is 19.6. The lowest BCUT2D eigenvalue weighted by molar-refractivity contribution is 0.185. The van der Waals surface area contributed by atoms with E-state index in [1.165, 1.54) is 0 Å². The van der Waals surface area contributed by atoms with Crippen LogP contribution in [0.1, 0.15) is 54.7 Å². The smallest absolute Gasteiger partial charge is 0.318 e. The summed E-state index contributed by atoms with van der Waals surface area (Å²) < 4.78 is 7.72. The van der Waals surface area contributed by atoms with E-state index >= 15 is 0 Å². The molecule has 2 aromatic carbocycles. The maximum Gasteiger partial charge on any atom is 0.318 e. The van der Waals surface area contributed by atoms with Crippen molar-refractivity contribution in [2.75, 3.05) is 13.2 Å². The Bertz CT molecular complexity index is 1130. The zero-order valence-electron chi connectivity index (χ0n) is 18.1. The molecule has 172 valence electrons. The lowest BCUT2D eigenvalue weighted by Gasteiger charge is -2.27. The fraction of sp³-hybridized carbons (Fsp3) is 0.375. The quantitative estimate of drug-likeness (QED) is 0.537. The Hall–Kier alpha value is -2.77. The number of carbonyl (C=O) groups excluding carboxylic acids is 1. The minimum absolute atomic E-state index is 0.0913. The van der Waals surface area contributed by atoms with Crippen LogP contribution in [0.15, 0.2) is 48.8 Å². The third-order valence-corrected chi connectivity index (χ3v) is 6.73. The Labute approximate surface area is 202 Å². The van der Waals surface area contributed by atoms with Gasteiger partial charge in [0.15, 0.2) is 0 Å². The number of carbonyl (C=O) groups is 1. The van der Waals surface area contributed by atoms with Crippen molar-refractivity contribution in [2.45, 2.75) is 44.3 Å². The summed E-state index contributed by atoms with van der Waals surface area (Å²) in [4.78, 5) is 19.8. The number of ether oxygens (including phenoxy) is 1. The maximum absolute atomic E-state index is 13.4. The summed E-state index contributed by atoms with van der Waals surface area (Å²) in [6, 6.07) is 13.0. The van der Waals surface area contributed by atoms with E-state index in [2.05, 4.69) is 15.4 Å². The van der Waals surface area contributed by atoms with Gasteiger partial charge in [0, 0.05) is 22.2 Å². The molecular weight excluding hydrogens is 461 g/mol. The largest absolute Gasteiger partial charge is 0.493 e. The lowest BCUT2D eigenvalue weighted by atomic mass is 10.0. The number of nitrogens with one attached hydrogen (secondary N) is 1. The number of urea groups is 1. The van der Waals surface area contributed by atoms with Crippen molar-refractivity contribution < 1.29 is 9.53 Å². The molecule has 2 amide bonds. The first kappa shape index (κ1) is 22.0. The van der Waals surface area contributed by atoms with Crippen molar-refractivity contribution in [3.63, 3.8) is 0 Å². The second-order valence-corrected chi connectivity index (χ2v) is 9.30. The van der Waals surface area contributed by atoms with Crippen LogP contribution in [0, 0.1) is 0 Å². The molecule has 0 spiro atoms. The SMILES string of the molecule is O=C(NC1CCCOc2cc(Cl)ccc21)N1CCC[C@@H]1c1ncnn1Cc1ccc(Cl)cc1. The molecule has 2 atom stereocenters. The number of fused-ring (bicyclic) bond motifs is 1. The molecule has 1 fully saturated rings. The first-order valence-electron chi connectivity index (χ1n) is 11.2. The zero-order chi connectivity index (χ0) is 22.8. The number of halogens is 2. The molecule has 2 aliphatic rings. The van der Waals surface area contributed by atoms with Crippen LogP contribution in [-0.4, -0.2) is 38.8 Å². The lowest BCUT2D eigenvalue weighted by Crippen LogP contribution is -2.41. The fourth-order valence-electron chi connectivity index (χ4n) is 4.62. The fourth-order valence-corrected chi connectivity index (χ4v) is 4.91. The Morgan fingerprint density at radius 1 is 1.09 bits per heavy atom. The van der Waals surface area contributed by atoms with Gasteiger partial charge < -0.3 is 15.0 Å². The van der Waals surface area contributed by atoms with Gasteiger partial charge in [0.25, 0.3) is 0 Å². The summed E-state index contributed by atoms with van der Waals surface area (Å²) in [5, 5.41) is 8.98. The summed E-state index contributed by atoms with van der Waals surface area (Å²) in [6.07, 6.45) is 5.00. The highest BCUT2D eigenvalue weighted by Crippen LogP contribution is 2.35. The number of hydrogen-bond donors (Lipinski definition) is 1. The normalized spacial score (nSPS) is 20.1. The number of benzene rings is 2. The van der Waals surface area contributed by atoms with Crippen molar-refractivity contribution in [1.29, 1.82) is 0 Å². The molecule has 1 N–H and O–H groups in total. The van der Waals surface area contributed by atoms with E-state index in [0.29, 0.717) is 29.7 Å². The van der Waals surface area contributed by atoms with Crippen LogP contribution >= 0.6 is 23.2 Å². The molecule has 2 aliphatic heterocycles. The molecule has 9 heteroatoms. The van der Waals surface area contributed by atoms with Crippen LogP contribution in [0.3, 0.4) is 0 Å². The number of rotatable bonds is 4. The van der Waals surface area contributed by atoms with Gasteiger partial charge in [-0.1, -0.05) is 41.4 Å². The highest BCUT2D eigenvalue weighted by molar-refractivity contribution is 6.30. The summed E-state index contributed by atoms with van der Waals surface area (Å²) in [6.45, 7) is 1.87. The van der Waals surface area contributed by atoms with Gasteiger partial charge in [0.1, 0.15) is 17.9 Å². The number of nitrogens with zero attached hydrogens (tertiary/aromatic N) is 4. The van der Waals surface area contributed by atoms with Gasteiger partial charge in [-0.2, -0.15) is 5.10 Å². The molecule has 33 heavy (non-hydrogen) atoms. The average Bonchev–Trinajstić information content (AvgIpc) is 3.42. The van der Waals surface area contributed by atoms with Crippen molar-refractivity contribution in [2.24, 2.45) is 0 Å². The Balaban J connectivity index is 1.33. The van der Waals surface area contributed by atoms with E-state index in [1.54, 1.807) is 6.33 Å². The minimum Gasteiger partial charge on any atom is -0.493 e. The van der Waals surface area contributed by atoms with Crippen molar-refractivity contribution >= 4 is 29.2 Å². The number of amides is 2. The molecular formula is C24H25Cl2N5O2. The first-order valence-corrected chi connectivity index (χ1v) is 12.0. The molecule has 0 saturated carbocycles. The van der Waals surface area contributed by atoms with Crippen LogP contribution in [-0.2, 0) is 6.54 Å². The van der Waals surface area contributed by atoms with E-state index < -0.39 is 0 Å². The van der Waals surface area contributed by atoms with Crippen LogP contribution in [0.4, 0.5) is 4.79 Å². The van der Waals surface area contributed by atoms with Gasteiger partial charge >= 0.3 is 6.03 Å². The third kappa shape index (κ3) is 4.80. The van der Waals surface area contributed by atoms with Gasteiger partial charge in [-0.3, -0.25) is 0 Å².